The van der Waals surface area contributed by atoms with Crippen LogP contribution in [0.5, 0.6) is 5.75 Å². The largest absolute Gasteiger partial charge is 0.573 e. The van der Waals surface area contributed by atoms with Crippen molar-refractivity contribution in [1.29, 1.82) is 0 Å². The zero-order valence-corrected chi connectivity index (χ0v) is 20.9. The number of carbonyl (C=O) groups is 1. The Morgan fingerprint density at radius 1 is 1.18 bits per heavy atom. The Labute approximate surface area is 200 Å². The summed E-state index contributed by atoms with van der Waals surface area (Å²) < 4.78 is 43.8. The molecule has 34 heavy (non-hydrogen) atoms. The second kappa shape index (κ2) is 13.8. The van der Waals surface area contributed by atoms with Gasteiger partial charge < -0.3 is 19.7 Å². The van der Waals surface area contributed by atoms with Crippen LogP contribution in [0.4, 0.5) is 18.0 Å². The van der Waals surface area contributed by atoms with E-state index in [1.54, 1.807) is 26.1 Å². The summed E-state index contributed by atoms with van der Waals surface area (Å²) in [6.45, 7) is 11.2. The number of benzene rings is 1. The minimum atomic E-state index is -4.60. The van der Waals surface area contributed by atoms with Crippen LogP contribution in [0.25, 0.3) is 0 Å². The summed E-state index contributed by atoms with van der Waals surface area (Å²) >= 11 is 0. The van der Waals surface area contributed by atoms with Crippen LogP contribution < -0.4 is 10.1 Å². The molecule has 7 nitrogen and oxygen atoms in total. The summed E-state index contributed by atoms with van der Waals surface area (Å²) in [5.41, 5.74) is 0.436. The molecule has 1 fully saturated rings. The summed E-state index contributed by atoms with van der Waals surface area (Å²) in [6, 6.07) is 5.83. The quantitative estimate of drug-likeness (QED) is 0.436. The van der Waals surface area contributed by atoms with Gasteiger partial charge in [0, 0.05) is 32.4 Å². The van der Waals surface area contributed by atoms with Gasteiger partial charge in [-0.25, -0.2) is 9.79 Å². The number of alkyl carbamates (subject to hydrolysis) is 1. The number of ether oxygens (including phenoxy) is 2. The fourth-order valence-corrected chi connectivity index (χ4v) is 2.99. The minimum Gasteiger partial charge on any atom is -0.444 e. The molecular weight excluding hydrogens is 449 g/mol. The van der Waals surface area contributed by atoms with Gasteiger partial charge in [-0.3, -0.25) is 4.99 Å². The molecule has 192 valence electrons. The molecule has 0 radical (unpaired) electrons. The van der Waals surface area contributed by atoms with Crippen LogP contribution in [0.1, 0.15) is 58.9 Å². The van der Waals surface area contributed by atoms with Crippen molar-refractivity contribution in [3.8, 4) is 5.75 Å². The van der Waals surface area contributed by atoms with E-state index in [1.807, 2.05) is 27.0 Å². The van der Waals surface area contributed by atoms with Gasteiger partial charge in [-0.15, -0.1) is 13.2 Å². The molecule has 0 spiro atoms. The molecule has 1 aliphatic heterocycles. The van der Waals surface area contributed by atoms with Gasteiger partial charge in [0.25, 0.3) is 0 Å². The highest BCUT2D eigenvalue weighted by Crippen LogP contribution is 2.22. The van der Waals surface area contributed by atoms with E-state index in [-0.39, 0.29) is 17.9 Å². The van der Waals surface area contributed by atoms with E-state index >= 15 is 0 Å². The number of hydrogen-bond acceptors (Lipinski definition) is 4. The molecule has 10 heteroatoms. The second-order valence-electron chi connectivity index (χ2n) is 8.89. The summed E-state index contributed by atoms with van der Waals surface area (Å²) in [4.78, 5) is 22.6. The van der Waals surface area contributed by atoms with Crippen molar-refractivity contribution in [2.45, 2.75) is 78.3 Å². The number of rotatable bonds is 4. The van der Waals surface area contributed by atoms with Crippen molar-refractivity contribution in [3.63, 3.8) is 0 Å². The maximum absolute atomic E-state index is 11.8. The Kier molecular flexibility index (Phi) is 11.9. The number of hydrogen-bond donors (Lipinski definition) is 1. The minimum absolute atomic E-state index is 0.156. The highest BCUT2D eigenvalue weighted by molar-refractivity contribution is 5.87. The molecular formula is C24H37F3N4O3. The summed E-state index contributed by atoms with van der Waals surface area (Å²) in [5.74, 6) is 0.595. The normalized spacial score (nSPS) is 15.6. The first kappa shape index (κ1) is 29.3. The van der Waals surface area contributed by atoms with Gasteiger partial charge in [0.15, 0.2) is 0 Å². The lowest BCUT2D eigenvalue weighted by Gasteiger charge is -2.33. The molecule has 1 aromatic carbocycles. The second-order valence-corrected chi connectivity index (χ2v) is 8.89. The lowest BCUT2D eigenvalue weighted by Crippen LogP contribution is -2.47. The smallest absolute Gasteiger partial charge is 0.444 e. The van der Waals surface area contributed by atoms with Crippen LogP contribution in [0.15, 0.2) is 34.3 Å². The summed E-state index contributed by atoms with van der Waals surface area (Å²) in [7, 11) is 1.77. The van der Waals surface area contributed by atoms with E-state index < -0.39 is 12.0 Å². The topological polar surface area (TPSA) is 75.5 Å². The Hall–Kier alpha value is -2.78. The zero-order valence-electron chi connectivity index (χ0n) is 20.9. The van der Waals surface area contributed by atoms with Crippen molar-refractivity contribution in [2.75, 3.05) is 20.1 Å². The average molecular weight is 487 g/mol. The van der Waals surface area contributed by atoms with E-state index in [9.17, 15) is 18.0 Å². The third kappa shape index (κ3) is 13.1. The third-order valence-electron chi connectivity index (χ3n) is 4.58. The van der Waals surface area contributed by atoms with Crippen LogP contribution in [-0.4, -0.2) is 61.3 Å². The molecule has 0 atom stereocenters. The summed E-state index contributed by atoms with van der Waals surface area (Å²) in [5, 5.41) is 2.94. The first-order valence-corrected chi connectivity index (χ1v) is 11.4. The SMILES string of the molecule is CCC/C=N\C(=NC)N1CCC(NC(=O)OC(C)(C)C)CC1.Cc1ccc(OC(F)(F)F)cc1. The lowest BCUT2D eigenvalue weighted by molar-refractivity contribution is -0.274. The number of alkyl halides is 3. The molecule has 1 heterocycles. The van der Waals surface area contributed by atoms with Gasteiger partial charge in [0.2, 0.25) is 5.96 Å². The van der Waals surface area contributed by atoms with Gasteiger partial charge in [0.1, 0.15) is 11.4 Å². The molecule has 1 aliphatic rings. The molecule has 0 aliphatic carbocycles. The number of nitrogens with zero attached hydrogens (tertiary/aromatic N) is 3. The zero-order chi connectivity index (χ0) is 25.8. The molecule has 1 aromatic rings. The number of carbonyl (C=O) groups excluding carboxylic acids is 1. The number of aryl methyl sites for hydroxylation is 1. The number of amides is 1. The molecule has 0 unspecified atom stereocenters. The van der Waals surface area contributed by atoms with E-state index in [2.05, 4.69) is 31.9 Å². The van der Waals surface area contributed by atoms with Crippen molar-refractivity contribution in [1.82, 2.24) is 10.2 Å². The fraction of sp³-hybridized carbons (Fsp3) is 0.625. The molecule has 0 aromatic heterocycles. The van der Waals surface area contributed by atoms with Crippen molar-refractivity contribution < 1.29 is 27.4 Å². The third-order valence-corrected chi connectivity index (χ3v) is 4.58. The monoisotopic (exact) mass is 486 g/mol. The van der Waals surface area contributed by atoms with Gasteiger partial charge in [-0.1, -0.05) is 31.0 Å². The number of aliphatic imine (C=N–C) groups is 2. The van der Waals surface area contributed by atoms with Gasteiger partial charge in [-0.05, 0) is 59.1 Å². The van der Waals surface area contributed by atoms with E-state index in [1.165, 1.54) is 12.1 Å². The fourth-order valence-electron chi connectivity index (χ4n) is 2.99. The first-order chi connectivity index (χ1) is 15.8. The van der Waals surface area contributed by atoms with E-state index in [0.717, 1.165) is 50.3 Å². The molecule has 0 bridgehead atoms. The number of likely N-dealkylation sites (tertiary alicyclic amines) is 1. The predicted octanol–water partition coefficient (Wildman–Crippen LogP) is 5.73. The molecule has 1 amide bonds. The Morgan fingerprint density at radius 3 is 2.24 bits per heavy atom. The van der Waals surface area contributed by atoms with Crippen LogP contribution >= 0.6 is 0 Å². The Bertz CT molecular complexity index is 795. The van der Waals surface area contributed by atoms with Crippen LogP contribution in [0, 0.1) is 6.92 Å². The number of halogens is 3. The Morgan fingerprint density at radius 2 is 1.76 bits per heavy atom. The molecule has 1 N–H and O–H groups in total. The van der Waals surface area contributed by atoms with Crippen molar-refractivity contribution >= 4 is 18.3 Å². The number of unbranched alkanes of at least 4 members (excludes halogenated alkanes) is 1. The summed E-state index contributed by atoms with van der Waals surface area (Å²) in [6.07, 6.45) is 0.792. The Balaban J connectivity index is 0.000000404. The molecule has 2 rings (SSSR count). The molecule has 1 saturated heterocycles. The predicted molar refractivity (Wildman–Crippen MR) is 129 cm³/mol. The average Bonchev–Trinajstić information content (AvgIpc) is 2.72. The van der Waals surface area contributed by atoms with Crippen molar-refractivity contribution in [3.05, 3.63) is 29.8 Å². The molecule has 0 saturated carbocycles. The van der Waals surface area contributed by atoms with Gasteiger partial charge >= 0.3 is 12.5 Å². The van der Waals surface area contributed by atoms with Gasteiger partial charge in [0.05, 0.1) is 0 Å². The lowest BCUT2D eigenvalue weighted by atomic mass is 10.1. The first-order valence-electron chi connectivity index (χ1n) is 11.4. The standard InChI is InChI=1S/C16H30N4O2.C8H7F3O/c1-6-7-10-18-14(17-5)20-11-8-13(9-12-20)19-15(21)22-16(2,3)4;1-6-2-4-7(5-3-6)12-8(9,10)11/h10,13H,6-9,11-12H2,1-5H3,(H,19,21);2-5H,1H3/b17-14?,18-10-;. The number of guanidine groups is 1. The van der Waals surface area contributed by atoms with Crippen molar-refractivity contribution in [2.24, 2.45) is 9.98 Å². The number of piperidine rings is 1. The van der Waals surface area contributed by atoms with Crippen LogP contribution in [0.2, 0.25) is 0 Å². The maximum atomic E-state index is 11.8. The number of nitrogens with one attached hydrogen (secondary N) is 1. The van der Waals surface area contributed by atoms with Crippen LogP contribution in [0.3, 0.4) is 0 Å². The highest BCUT2D eigenvalue weighted by atomic mass is 19.4. The van der Waals surface area contributed by atoms with Gasteiger partial charge in [-0.2, -0.15) is 0 Å². The van der Waals surface area contributed by atoms with E-state index in [0.29, 0.717) is 0 Å². The van der Waals surface area contributed by atoms with Crippen LogP contribution in [-0.2, 0) is 4.74 Å². The maximum Gasteiger partial charge on any atom is 0.573 e. The van der Waals surface area contributed by atoms with E-state index in [4.69, 9.17) is 4.74 Å². The highest BCUT2D eigenvalue weighted by Gasteiger charge is 2.30.